The molecule has 0 bridgehead atoms. The van der Waals surface area contributed by atoms with Crippen LogP contribution in [0.25, 0.3) is 0 Å². The van der Waals surface area contributed by atoms with Gasteiger partial charge in [-0.15, -0.1) is 0 Å². The summed E-state index contributed by atoms with van der Waals surface area (Å²) in [4.78, 5) is 13.9. The van der Waals surface area contributed by atoms with Crippen molar-refractivity contribution in [2.24, 2.45) is 0 Å². The minimum absolute atomic E-state index is 0.0352. The maximum Gasteiger partial charge on any atom is 0.241 e. The molecule has 1 aliphatic heterocycles. The zero-order valence-corrected chi connectivity index (χ0v) is 12.2. The van der Waals surface area contributed by atoms with Gasteiger partial charge >= 0.3 is 0 Å². The highest BCUT2D eigenvalue weighted by molar-refractivity contribution is 5.84. The van der Waals surface area contributed by atoms with E-state index in [1.54, 1.807) is 4.90 Å². The molecular formula is C15H20F2N2O2. The van der Waals surface area contributed by atoms with Crippen LogP contribution in [0, 0.1) is 11.6 Å². The Morgan fingerprint density at radius 3 is 2.67 bits per heavy atom. The van der Waals surface area contributed by atoms with E-state index in [2.05, 4.69) is 5.32 Å². The van der Waals surface area contributed by atoms with Gasteiger partial charge in [0.25, 0.3) is 0 Å². The molecule has 2 atom stereocenters. The minimum Gasteiger partial charge on any atom is -0.380 e. The van der Waals surface area contributed by atoms with Gasteiger partial charge in [0.1, 0.15) is 6.17 Å². The summed E-state index contributed by atoms with van der Waals surface area (Å²) in [5.74, 6) is -1.84. The van der Waals surface area contributed by atoms with Crippen LogP contribution in [0.3, 0.4) is 0 Å². The van der Waals surface area contributed by atoms with Crippen molar-refractivity contribution in [1.29, 1.82) is 0 Å². The Morgan fingerprint density at radius 1 is 1.29 bits per heavy atom. The van der Waals surface area contributed by atoms with Crippen molar-refractivity contribution in [3.8, 4) is 0 Å². The lowest BCUT2D eigenvalue weighted by molar-refractivity contribution is -0.130. The normalized spacial score (nSPS) is 22.1. The van der Waals surface area contributed by atoms with Gasteiger partial charge in [-0.1, -0.05) is 13.0 Å². The number of amides is 1. The number of hydrogen-bond acceptors (Lipinski definition) is 3. The lowest BCUT2D eigenvalue weighted by Crippen LogP contribution is -2.34. The van der Waals surface area contributed by atoms with E-state index in [-0.39, 0.29) is 11.9 Å². The first-order chi connectivity index (χ1) is 10.1. The fourth-order valence-corrected chi connectivity index (χ4v) is 2.48. The summed E-state index contributed by atoms with van der Waals surface area (Å²) in [6.07, 6.45) is 0.197. The number of nitrogens with one attached hydrogen (secondary N) is 1. The molecule has 0 aliphatic carbocycles. The molecule has 2 rings (SSSR count). The van der Waals surface area contributed by atoms with Gasteiger partial charge in [0, 0.05) is 13.2 Å². The van der Waals surface area contributed by atoms with Crippen molar-refractivity contribution < 1.29 is 18.3 Å². The van der Waals surface area contributed by atoms with Crippen molar-refractivity contribution in [3.63, 3.8) is 0 Å². The zero-order chi connectivity index (χ0) is 15.4. The van der Waals surface area contributed by atoms with E-state index in [1.807, 2.05) is 13.8 Å². The van der Waals surface area contributed by atoms with Gasteiger partial charge in [0.15, 0.2) is 11.6 Å². The Kier molecular flexibility index (Phi) is 5.25. The molecule has 2 unspecified atom stereocenters. The van der Waals surface area contributed by atoms with Crippen LogP contribution in [0.1, 0.15) is 32.0 Å². The van der Waals surface area contributed by atoms with Gasteiger partial charge < -0.3 is 9.64 Å². The summed E-state index contributed by atoms with van der Waals surface area (Å²) in [6.45, 7) is 5.19. The highest BCUT2D eigenvalue weighted by Crippen LogP contribution is 2.27. The standard InChI is InChI=1S/C15H20F2N2O2/c1-3-13-15(20)19(7-8-21-4-2)14(18-13)10-5-6-11(16)12(17)9-10/h5-6,9,13-14,18H,3-4,7-8H2,1-2H3. The molecule has 1 aromatic rings. The first-order valence-electron chi connectivity index (χ1n) is 7.17. The molecule has 0 saturated carbocycles. The maximum absolute atomic E-state index is 13.4. The van der Waals surface area contributed by atoms with Crippen LogP contribution in [0.15, 0.2) is 18.2 Å². The van der Waals surface area contributed by atoms with Crippen LogP contribution < -0.4 is 5.32 Å². The van der Waals surface area contributed by atoms with E-state index in [4.69, 9.17) is 4.74 Å². The van der Waals surface area contributed by atoms with Gasteiger partial charge in [-0.2, -0.15) is 0 Å². The number of ether oxygens (including phenoxy) is 1. The summed E-state index contributed by atoms with van der Waals surface area (Å²) in [5, 5.41) is 3.16. The van der Waals surface area contributed by atoms with E-state index in [0.717, 1.165) is 12.1 Å². The van der Waals surface area contributed by atoms with Crippen molar-refractivity contribution in [2.45, 2.75) is 32.5 Å². The number of carbonyl (C=O) groups excluding carboxylic acids is 1. The molecule has 1 saturated heterocycles. The average Bonchev–Trinajstić information content (AvgIpc) is 2.79. The Balaban J connectivity index is 2.21. The monoisotopic (exact) mass is 298 g/mol. The first kappa shape index (κ1) is 15.9. The predicted molar refractivity (Wildman–Crippen MR) is 74.5 cm³/mol. The minimum atomic E-state index is -0.911. The lowest BCUT2D eigenvalue weighted by Gasteiger charge is -2.24. The van der Waals surface area contributed by atoms with Gasteiger partial charge in [-0.25, -0.2) is 8.78 Å². The topological polar surface area (TPSA) is 41.6 Å². The number of benzene rings is 1. The second-order valence-corrected chi connectivity index (χ2v) is 4.93. The van der Waals surface area contributed by atoms with Crippen molar-refractivity contribution in [2.75, 3.05) is 19.8 Å². The van der Waals surface area contributed by atoms with Crippen LogP contribution in [-0.4, -0.2) is 36.6 Å². The Morgan fingerprint density at radius 2 is 2.05 bits per heavy atom. The molecule has 1 aliphatic rings. The Labute approximate surface area is 123 Å². The van der Waals surface area contributed by atoms with Crippen molar-refractivity contribution in [3.05, 3.63) is 35.4 Å². The number of nitrogens with zero attached hydrogens (tertiary/aromatic N) is 1. The summed E-state index contributed by atoms with van der Waals surface area (Å²) in [5.41, 5.74) is 0.537. The second-order valence-electron chi connectivity index (χ2n) is 4.93. The van der Waals surface area contributed by atoms with Gasteiger partial charge in [-0.05, 0) is 31.0 Å². The van der Waals surface area contributed by atoms with E-state index >= 15 is 0 Å². The fraction of sp³-hybridized carbons (Fsp3) is 0.533. The van der Waals surface area contributed by atoms with E-state index < -0.39 is 17.8 Å². The van der Waals surface area contributed by atoms with Crippen molar-refractivity contribution >= 4 is 5.91 Å². The largest absolute Gasteiger partial charge is 0.380 e. The molecule has 116 valence electrons. The average molecular weight is 298 g/mol. The quantitative estimate of drug-likeness (QED) is 0.819. The van der Waals surface area contributed by atoms with Crippen LogP contribution >= 0.6 is 0 Å². The molecule has 0 spiro atoms. The van der Waals surface area contributed by atoms with E-state index in [1.165, 1.54) is 6.07 Å². The molecule has 6 heteroatoms. The highest BCUT2D eigenvalue weighted by atomic mass is 19.2. The fourth-order valence-electron chi connectivity index (χ4n) is 2.48. The second kappa shape index (κ2) is 6.95. The van der Waals surface area contributed by atoms with Gasteiger partial charge in [0.2, 0.25) is 5.91 Å². The molecule has 1 aromatic carbocycles. The molecule has 1 amide bonds. The number of halogens is 2. The number of rotatable bonds is 6. The first-order valence-corrected chi connectivity index (χ1v) is 7.17. The maximum atomic E-state index is 13.4. The Hall–Kier alpha value is -1.53. The van der Waals surface area contributed by atoms with Gasteiger partial charge in [0.05, 0.1) is 12.6 Å². The van der Waals surface area contributed by atoms with Crippen LogP contribution in [0.4, 0.5) is 8.78 Å². The smallest absolute Gasteiger partial charge is 0.241 e. The summed E-state index contributed by atoms with van der Waals surface area (Å²) in [7, 11) is 0. The molecule has 0 radical (unpaired) electrons. The van der Waals surface area contributed by atoms with Crippen LogP contribution in [0.2, 0.25) is 0 Å². The summed E-state index contributed by atoms with van der Waals surface area (Å²) in [6, 6.07) is 3.41. The molecule has 1 N–H and O–H groups in total. The van der Waals surface area contributed by atoms with E-state index in [9.17, 15) is 13.6 Å². The molecule has 0 aromatic heterocycles. The molecule has 1 fully saturated rings. The number of hydrogen-bond donors (Lipinski definition) is 1. The summed E-state index contributed by atoms with van der Waals surface area (Å²) >= 11 is 0. The molecule has 1 heterocycles. The third-order valence-electron chi connectivity index (χ3n) is 3.60. The number of carbonyl (C=O) groups is 1. The van der Waals surface area contributed by atoms with E-state index in [0.29, 0.717) is 31.7 Å². The van der Waals surface area contributed by atoms with Crippen LogP contribution in [-0.2, 0) is 9.53 Å². The SMILES string of the molecule is CCOCCN1C(=O)C(CC)NC1c1ccc(F)c(F)c1. The third kappa shape index (κ3) is 3.39. The third-order valence-corrected chi connectivity index (χ3v) is 3.60. The molecule has 4 nitrogen and oxygen atoms in total. The Bertz CT molecular complexity index is 510. The van der Waals surface area contributed by atoms with Crippen LogP contribution in [0.5, 0.6) is 0 Å². The highest BCUT2D eigenvalue weighted by Gasteiger charge is 2.38. The summed E-state index contributed by atoms with van der Waals surface area (Å²) < 4.78 is 31.8. The molecular weight excluding hydrogens is 278 g/mol. The van der Waals surface area contributed by atoms with Crippen molar-refractivity contribution in [1.82, 2.24) is 10.2 Å². The molecule has 21 heavy (non-hydrogen) atoms. The van der Waals surface area contributed by atoms with Gasteiger partial charge in [-0.3, -0.25) is 10.1 Å². The zero-order valence-electron chi connectivity index (χ0n) is 12.2. The predicted octanol–water partition coefficient (Wildman–Crippen LogP) is 2.21. The lowest BCUT2D eigenvalue weighted by atomic mass is 10.1.